The van der Waals surface area contributed by atoms with Crippen molar-refractivity contribution in [2.24, 2.45) is 10.7 Å². The molecule has 1 saturated heterocycles. The van der Waals surface area contributed by atoms with E-state index in [0.29, 0.717) is 6.54 Å². The number of ether oxygens (including phenoxy) is 1. The van der Waals surface area contributed by atoms with Crippen LogP contribution in [-0.4, -0.2) is 36.9 Å². The first-order valence-electron chi connectivity index (χ1n) is 9.19. The molecule has 0 aromatic heterocycles. The lowest BCUT2D eigenvalue weighted by molar-refractivity contribution is -0.274. The fraction of sp³-hybridized carbons (Fsp3) is 0.350. The molecule has 1 fully saturated rings. The number of alkyl halides is 3. The molecule has 0 atom stereocenters. The van der Waals surface area contributed by atoms with Crippen molar-refractivity contribution < 1.29 is 17.9 Å². The molecule has 30 heavy (non-hydrogen) atoms. The van der Waals surface area contributed by atoms with Gasteiger partial charge in [0.2, 0.25) is 0 Å². The number of aliphatic imine (C=N–C) groups is 1. The summed E-state index contributed by atoms with van der Waals surface area (Å²) in [5, 5.41) is 3.05. The highest BCUT2D eigenvalue weighted by Crippen LogP contribution is 2.23. The van der Waals surface area contributed by atoms with Crippen LogP contribution in [0.2, 0.25) is 0 Å². The van der Waals surface area contributed by atoms with Crippen molar-refractivity contribution in [3.05, 3.63) is 59.7 Å². The number of nitrogens with one attached hydrogen (secondary N) is 1. The highest BCUT2D eigenvalue weighted by Gasteiger charge is 2.30. The molecule has 164 valence electrons. The zero-order valence-electron chi connectivity index (χ0n) is 16.2. The van der Waals surface area contributed by atoms with Gasteiger partial charge in [-0.2, -0.15) is 11.8 Å². The first kappa shape index (κ1) is 24.4. The number of nitrogens with zero attached hydrogens (tertiary/aromatic N) is 2. The topological polar surface area (TPSA) is 62.9 Å². The van der Waals surface area contributed by atoms with Crippen LogP contribution in [0.4, 0.5) is 18.9 Å². The summed E-state index contributed by atoms with van der Waals surface area (Å²) in [6.45, 7) is 2.96. The number of hydrogen-bond donors (Lipinski definition) is 2. The molecule has 0 saturated carbocycles. The molecule has 1 heterocycles. The minimum atomic E-state index is -4.70. The minimum absolute atomic E-state index is 0. The molecule has 2 aromatic rings. The average Bonchev–Trinajstić information content (AvgIpc) is 2.72. The number of hydrogen-bond acceptors (Lipinski definition) is 4. The largest absolute Gasteiger partial charge is 0.573 e. The van der Waals surface area contributed by atoms with Crippen molar-refractivity contribution >= 4 is 47.4 Å². The number of rotatable bonds is 6. The van der Waals surface area contributed by atoms with Gasteiger partial charge in [0.1, 0.15) is 5.75 Å². The van der Waals surface area contributed by atoms with Crippen LogP contribution in [-0.2, 0) is 13.1 Å². The van der Waals surface area contributed by atoms with E-state index in [-0.39, 0.29) is 42.2 Å². The quantitative estimate of drug-likeness (QED) is 0.317. The van der Waals surface area contributed by atoms with E-state index >= 15 is 0 Å². The van der Waals surface area contributed by atoms with Gasteiger partial charge in [-0.1, -0.05) is 24.3 Å². The number of halogens is 4. The molecule has 0 unspecified atom stereocenters. The maximum Gasteiger partial charge on any atom is 0.573 e. The van der Waals surface area contributed by atoms with Gasteiger partial charge in [0, 0.05) is 36.8 Å². The number of nitrogens with two attached hydrogens (primary N) is 1. The predicted molar refractivity (Wildman–Crippen MR) is 127 cm³/mol. The van der Waals surface area contributed by atoms with Gasteiger partial charge in [-0.3, -0.25) is 0 Å². The van der Waals surface area contributed by atoms with E-state index in [9.17, 15) is 13.2 Å². The molecule has 1 aliphatic rings. The maximum absolute atomic E-state index is 12.2. The number of thioether (sulfide) groups is 1. The normalized spacial score (nSPS) is 14.8. The summed E-state index contributed by atoms with van der Waals surface area (Å²) in [7, 11) is 0. The number of anilines is 1. The van der Waals surface area contributed by atoms with Gasteiger partial charge in [-0.05, 0) is 35.4 Å². The molecule has 0 spiro atoms. The van der Waals surface area contributed by atoms with Crippen LogP contribution in [0, 0.1) is 0 Å². The standard InChI is InChI=1S/C20H23F3N4OS.HI/c21-20(22,23)28-18-7-3-16(4-8-18)14-26-19(24)25-13-15-1-5-17(6-2-15)27-9-11-29-12-10-27;/h1-8H,9-14H2,(H3,24,25,26);1H. The zero-order valence-corrected chi connectivity index (χ0v) is 19.3. The Morgan fingerprint density at radius 3 is 2.23 bits per heavy atom. The van der Waals surface area contributed by atoms with E-state index < -0.39 is 6.36 Å². The molecule has 0 radical (unpaired) electrons. The molecular formula is C20H24F3IN4OS. The van der Waals surface area contributed by atoms with Crippen LogP contribution < -0.4 is 20.7 Å². The van der Waals surface area contributed by atoms with E-state index in [0.717, 1.165) is 35.7 Å². The fourth-order valence-electron chi connectivity index (χ4n) is 2.87. The third kappa shape index (κ3) is 8.13. The first-order chi connectivity index (χ1) is 13.9. The molecule has 0 bridgehead atoms. The monoisotopic (exact) mass is 552 g/mol. The van der Waals surface area contributed by atoms with E-state index in [1.54, 1.807) is 0 Å². The average molecular weight is 552 g/mol. The second-order valence-electron chi connectivity index (χ2n) is 6.51. The van der Waals surface area contributed by atoms with Gasteiger partial charge < -0.3 is 20.7 Å². The summed E-state index contributed by atoms with van der Waals surface area (Å²) >= 11 is 1.98. The molecule has 2 aromatic carbocycles. The van der Waals surface area contributed by atoms with Crippen LogP contribution in [0.25, 0.3) is 0 Å². The zero-order chi connectivity index (χ0) is 20.7. The summed E-state index contributed by atoms with van der Waals surface area (Å²) in [5.41, 5.74) is 8.93. The van der Waals surface area contributed by atoms with Gasteiger partial charge in [0.05, 0.1) is 6.54 Å². The smallest absolute Gasteiger partial charge is 0.406 e. The van der Waals surface area contributed by atoms with E-state index in [1.807, 2.05) is 11.8 Å². The lowest BCUT2D eigenvalue weighted by Gasteiger charge is -2.28. The lowest BCUT2D eigenvalue weighted by atomic mass is 10.2. The molecule has 3 rings (SSSR count). The second-order valence-corrected chi connectivity index (χ2v) is 7.74. The van der Waals surface area contributed by atoms with Crippen molar-refractivity contribution in [2.45, 2.75) is 19.5 Å². The van der Waals surface area contributed by atoms with Crippen LogP contribution in [0.3, 0.4) is 0 Å². The molecule has 1 aliphatic heterocycles. The van der Waals surface area contributed by atoms with E-state index in [1.165, 1.54) is 30.0 Å². The second kappa shape index (κ2) is 11.5. The molecule has 0 aliphatic carbocycles. The molecule has 3 N–H and O–H groups in total. The van der Waals surface area contributed by atoms with Gasteiger partial charge in [-0.15, -0.1) is 37.1 Å². The summed E-state index contributed by atoms with van der Waals surface area (Å²) in [6.07, 6.45) is -4.70. The number of guanidine groups is 1. The minimum Gasteiger partial charge on any atom is -0.406 e. The SMILES string of the molecule is I.NC(=NCc1ccc(OC(F)(F)F)cc1)NCc1ccc(N2CCSCC2)cc1. The van der Waals surface area contributed by atoms with Crippen LogP contribution in [0.1, 0.15) is 11.1 Å². The molecule has 0 amide bonds. The summed E-state index contributed by atoms with van der Waals surface area (Å²) in [5.74, 6) is 2.34. The molecule has 10 heteroatoms. The Labute approximate surface area is 195 Å². The Morgan fingerprint density at radius 2 is 1.63 bits per heavy atom. The Balaban J connectivity index is 0.00000320. The Bertz CT molecular complexity index is 810. The van der Waals surface area contributed by atoms with Crippen LogP contribution in [0.5, 0.6) is 5.75 Å². The summed E-state index contributed by atoms with van der Waals surface area (Å²) in [6, 6.07) is 13.9. The van der Waals surface area contributed by atoms with Crippen molar-refractivity contribution in [2.75, 3.05) is 29.5 Å². The highest BCUT2D eigenvalue weighted by atomic mass is 127. The summed E-state index contributed by atoms with van der Waals surface area (Å²) in [4.78, 5) is 6.60. The maximum atomic E-state index is 12.2. The van der Waals surface area contributed by atoms with E-state index in [2.05, 4.69) is 44.2 Å². The van der Waals surface area contributed by atoms with Crippen molar-refractivity contribution in [1.82, 2.24) is 5.32 Å². The van der Waals surface area contributed by atoms with Gasteiger partial charge in [0.25, 0.3) is 0 Å². The van der Waals surface area contributed by atoms with Gasteiger partial charge >= 0.3 is 6.36 Å². The molecule has 5 nitrogen and oxygen atoms in total. The number of benzene rings is 2. The Morgan fingerprint density at radius 1 is 1.03 bits per heavy atom. The lowest BCUT2D eigenvalue weighted by Crippen LogP contribution is -2.32. The van der Waals surface area contributed by atoms with Gasteiger partial charge in [-0.25, -0.2) is 4.99 Å². The third-order valence-electron chi connectivity index (χ3n) is 4.38. The van der Waals surface area contributed by atoms with Crippen molar-refractivity contribution in [3.8, 4) is 5.75 Å². The fourth-order valence-corrected chi connectivity index (χ4v) is 3.77. The van der Waals surface area contributed by atoms with Crippen molar-refractivity contribution in [3.63, 3.8) is 0 Å². The van der Waals surface area contributed by atoms with Crippen LogP contribution >= 0.6 is 35.7 Å². The Kier molecular flexibility index (Phi) is 9.40. The molecular weight excluding hydrogens is 528 g/mol. The highest BCUT2D eigenvalue weighted by molar-refractivity contribution is 14.0. The van der Waals surface area contributed by atoms with Crippen LogP contribution in [0.15, 0.2) is 53.5 Å². The van der Waals surface area contributed by atoms with E-state index in [4.69, 9.17) is 5.73 Å². The summed E-state index contributed by atoms with van der Waals surface area (Å²) < 4.78 is 40.3. The third-order valence-corrected chi connectivity index (χ3v) is 5.32. The Hall–Kier alpha value is -1.82. The predicted octanol–water partition coefficient (Wildman–Crippen LogP) is 4.36. The first-order valence-corrected chi connectivity index (χ1v) is 10.3. The van der Waals surface area contributed by atoms with Crippen molar-refractivity contribution in [1.29, 1.82) is 0 Å². The van der Waals surface area contributed by atoms with Gasteiger partial charge in [0.15, 0.2) is 5.96 Å².